The molecule has 6 nitrogen and oxygen atoms in total. The first-order chi connectivity index (χ1) is 20.8. The fourth-order valence-electron chi connectivity index (χ4n) is 6.35. The zero-order valence-electron chi connectivity index (χ0n) is 22.5. The van der Waals surface area contributed by atoms with Gasteiger partial charge in [-0.25, -0.2) is 9.36 Å². The Balaban J connectivity index is 1.21. The molecule has 6 heteroatoms. The molecule has 0 bridgehead atoms. The van der Waals surface area contributed by atoms with Crippen molar-refractivity contribution in [3.05, 3.63) is 146 Å². The molecule has 0 aliphatic rings. The van der Waals surface area contributed by atoms with Crippen LogP contribution in [-0.2, 0) is 0 Å². The SMILES string of the molecule is c1cc(-n2cc(-n3c4ccccc4c4ccccc43)cn2)cc(-n2c3ccccc3c3ccc(-n4cccn4)cc32)c1. The highest BCUT2D eigenvalue weighted by Crippen LogP contribution is 2.34. The lowest BCUT2D eigenvalue weighted by molar-refractivity contribution is 0.877. The largest absolute Gasteiger partial charge is 0.309 e. The Labute approximate surface area is 240 Å². The van der Waals surface area contributed by atoms with Crippen LogP contribution < -0.4 is 0 Å². The van der Waals surface area contributed by atoms with Crippen molar-refractivity contribution in [3.8, 4) is 22.7 Å². The van der Waals surface area contributed by atoms with Gasteiger partial charge in [0.1, 0.15) is 0 Å². The van der Waals surface area contributed by atoms with E-state index in [0.717, 1.165) is 33.8 Å². The number of hydrogen-bond acceptors (Lipinski definition) is 2. The van der Waals surface area contributed by atoms with Crippen LogP contribution in [0.2, 0.25) is 0 Å². The molecule has 0 fully saturated rings. The van der Waals surface area contributed by atoms with Crippen LogP contribution in [0.4, 0.5) is 0 Å². The summed E-state index contributed by atoms with van der Waals surface area (Å²) in [5.41, 5.74) is 8.75. The minimum atomic E-state index is 0.994. The maximum absolute atomic E-state index is 4.83. The summed E-state index contributed by atoms with van der Waals surface area (Å²) in [4.78, 5) is 0. The number of para-hydroxylation sites is 3. The van der Waals surface area contributed by atoms with Crippen LogP contribution in [0.1, 0.15) is 0 Å². The maximum Gasteiger partial charge on any atom is 0.0848 e. The Morgan fingerprint density at radius 2 is 1.00 bits per heavy atom. The molecule has 0 amide bonds. The standard InChI is InChI=1S/C36H24N6/c1-5-15-34-29(11-1)30-12-2-6-16-35(30)42(34)28-23-38-40(24-28)25-9-7-10-27(21-25)41-33-14-4-3-13-31(33)32-18-17-26(22-36(32)41)39-20-8-19-37-39/h1-24H. The van der Waals surface area contributed by atoms with E-state index in [2.05, 4.69) is 136 Å². The van der Waals surface area contributed by atoms with E-state index < -0.39 is 0 Å². The van der Waals surface area contributed by atoms with Crippen LogP contribution >= 0.6 is 0 Å². The second-order valence-corrected chi connectivity index (χ2v) is 10.5. The zero-order chi connectivity index (χ0) is 27.6. The highest BCUT2D eigenvalue weighted by molar-refractivity contribution is 6.10. The van der Waals surface area contributed by atoms with Crippen molar-refractivity contribution >= 4 is 43.6 Å². The summed E-state index contributed by atoms with van der Waals surface area (Å²) in [7, 11) is 0. The molecule has 0 N–H and O–H groups in total. The summed E-state index contributed by atoms with van der Waals surface area (Å²) >= 11 is 0. The van der Waals surface area contributed by atoms with E-state index in [-0.39, 0.29) is 0 Å². The molecule has 0 atom stereocenters. The maximum atomic E-state index is 4.83. The van der Waals surface area contributed by atoms with Gasteiger partial charge >= 0.3 is 0 Å². The van der Waals surface area contributed by atoms with Crippen molar-refractivity contribution in [2.75, 3.05) is 0 Å². The first-order valence-corrected chi connectivity index (χ1v) is 14.0. The number of benzene rings is 5. The van der Waals surface area contributed by atoms with E-state index >= 15 is 0 Å². The first kappa shape index (κ1) is 22.9. The summed E-state index contributed by atoms with van der Waals surface area (Å²) in [6.07, 6.45) is 7.84. The molecule has 0 aliphatic carbocycles. The molecule has 42 heavy (non-hydrogen) atoms. The fourth-order valence-corrected chi connectivity index (χ4v) is 6.35. The second-order valence-electron chi connectivity index (χ2n) is 10.5. The van der Waals surface area contributed by atoms with Gasteiger partial charge in [-0.1, -0.05) is 66.7 Å². The van der Waals surface area contributed by atoms with E-state index in [9.17, 15) is 0 Å². The van der Waals surface area contributed by atoms with Gasteiger partial charge in [0.25, 0.3) is 0 Å². The molecule has 198 valence electrons. The van der Waals surface area contributed by atoms with Gasteiger partial charge in [-0.2, -0.15) is 10.2 Å². The van der Waals surface area contributed by atoms with Gasteiger partial charge in [-0.05, 0) is 54.6 Å². The normalized spacial score (nSPS) is 11.8. The first-order valence-electron chi connectivity index (χ1n) is 14.0. The Kier molecular flexibility index (Phi) is 4.80. The molecule has 0 saturated heterocycles. The lowest BCUT2D eigenvalue weighted by atomic mass is 10.1. The van der Waals surface area contributed by atoms with Crippen molar-refractivity contribution in [1.29, 1.82) is 0 Å². The Bertz CT molecular complexity index is 2370. The number of nitrogens with zero attached hydrogens (tertiary/aromatic N) is 6. The van der Waals surface area contributed by atoms with Gasteiger partial charge in [0.05, 0.1) is 51.5 Å². The van der Waals surface area contributed by atoms with E-state index in [1.165, 1.54) is 32.6 Å². The predicted molar refractivity (Wildman–Crippen MR) is 169 cm³/mol. The van der Waals surface area contributed by atoms with Crippen molar-refractivity contribution in [2.45, 2.75) is 0 Å². The van der Waals surface area contributed by atoms with Crippen LogP contribution in [-0.4, -0.2) is 28.7 Å². The molecule has 0 saturated carbocycles. The van der Waals surface area contributed by atoms with Gasteiger partial charge in [-0.15, -0.1) is 0 Å². The van der Waals surface area contributed by atoms with Crippen molar-refractivity contribution in [2.24, 2.45) is 0 Å². The number of fused-ring (bicyclic) bond motifs is 6. The van der Waals surface area contributed by atoms with Crippen molar-refractivity contribution in [1.82, 2.24) is 28.7 Å². The predicted octanol–water partition coefficient (Wildman–Crippen LogP) is 8.25. The molecule has 9 aromatic rings. The average Bonchev–Trinajstić information content (AvgIpc) is 3.85. The number of aromatic nitrogens is 6. The van der Waals surface area contributed by atoms with E-state index in [0.29, 0.717) is 0 Å². The van der Waals surface area contributed by atoms with Gasteiger partial charge in [-0.3, -0.25) is 0 Å². The van der Waals surface area contributed by atoms with Crippen LogP contribution in [0.15, 0.2) is 146 Å². The molecule has 0 spiro atoms. The fraction of sp³-hybridized carbons (Fsp3) is 0. The van der Waals surface area contributed by atoms with Gasteiger partial charge in [0, 0.05) is 39.6 Å². The third kappa shape index (κ3) is 3.32. The summed E-state index contributed by atoms with van der Waals surface area (Å²) in [6.45, 7) is 0. The minimum Gasteiger partial charge on any atom is -0.309 e. The summed E-state index contributed by atoms with van der Waals surface area (Å²) < 4.78 is 8.49. The summed E-state index contributed by atoms with van der Waals surface area (Å²) in [5.74, 6) is 0. The van der Waals surface area contributed by atoms with Gasteiger partial charge in [0.15, 0.2) is 0 Å². The van der Waals surface area contributed by atoms with Crippen LogP contribution in [0, 0.1) is 0 Å². The van der Waals surface area contributed by atoms with Crippen molar-refractivity contribution < 1.29 is 0 Å². The topological polar surface area (TPSA) is 45.5 Å². The van der Waals surface area contributed by atoms with E-state index in [4.69, 9.17) is 5.10 Å². The monoisotopic (exact) mass is 540 g/mol. The third-order valence-electron chi connectivity index (χ3n) is 8.19. The number of hydrogen-bond donors (Lipinski definition) is 0. The third-order valence-corrected chi connectivity index (χ3v) is 8.19. The second kappa shape index (κ2) is 8.81. The molecule has 5 aromatic carbocycles. The highest BCUT2D eigenvalue weighted by atomic mass is 15.3. The lowest BCUT2D eigenvalue weighted by Gasteiger charge is -2.11. The van der Waals surface area contributed by atoms with Crippen LogP contribution in [0.25, 0.3) is 66.4 Å². The average molecular weight is 541 g/mol. The van der Waals surface area contributed by atoms with Crippen LogP contribution in [0.5, 0.6) is 0 Å². The molecule has 0 unspecified atom stereocenters. The Hall–Kier alpha value is -5.88. The smallest absolute Gasteiger partial charge is 0.0848 e. The van der Waals surface area contributed by atoms with Crippen LogP contribution in [0.3, 0.4) is 0 Å². The Morgan fingerprint density at radius 1 is 0.405 bits per heavy atom. The molecule has 9 rings (SSSR count). The van der Waals surface area contributed by atoms with E-state index in [1.54, 1.807) is 6.20 Å². The highest BCUT2D eigenvalue weighted by Gasteiger charge is 2.16. The molecular formula is C36H24N6. The Morgan fingerprint density at radius 3 is 1.67 bits per heavy atom. The zero-order valence-corrected chi connectivity index (χ0v) is 22.5. The quantitative estimate of drug-likeness (QED) is 0.226. The van der Waals surface area contributed by atoms with E-state index in [1.807, 2.05) is 27.8 Å². The number of rotatable bonds is 4. The summed E-state index contributed by atoms with van der Waals surface area (Å²) in [5, 5.41) is 14.2. The lowest BCUT2D eigenvalue weighted by Crippen LogP contribution is -2.00. The summed E-state index contributed by atoms with van der Waals surface area (Å²) in [6, 6.07) is 42.7. The van der Waals surface area contributed by atoms with Crippen molar-refractivity contribution in [3.63, 3.8) is 0 Å². The molecule has 4 aromatic heterocycles. The molecule has 0 aliphatic heterocycles. The molecular weight excluding hydrogens is 516 g/mol. The molecule has 4 heterocycles. The van der Waals surface area contributed by atoms with Gasteiger partial charge < -0.3 is 9.13 Å². The minimum absolute atomic E-state index is 0.994. The van der Waals surface area contributed by atoms with Gasteiger partial charge in [0.2, 0.25) is 0 Å². The molecule has 0 radical (unpaired) electrons.